The van der Waals surface area contributed by atoms with E-state index in [0.29, 0.717) is 34.7 Å². The van der Waals surface area contributed by atoms with E-state index >= 15 is 0 Å². The van der Waals surface area contributed by atoms with Crippen LogP contribution in [0.25, 0.3) is 0 Å². The first-order chi connectivity index (χ1) is 9.63. The van der Waals surface area contributed by atoms with Crippen molar-refractivity contribution in [3.05, 3.63) is 45.5 Å². The minimum atomic E-state index is -0.0944. The lowest BCUT2D eigenvalue weighted by Crippen LogP contribution is -2.41. The quantitative estimate of drug-likeness (QED) is 0.940. The predicted octanol–water partition coefficient (Wildman–Crippen LogP) is 3.35. The second-order valence-corrected chi connectivity index (χ2v) is 6.09. The first kappa shape index (κ1) is 13.9. The SMILES string of the molecule is NCC1(c2nc(Cc3ccc(Cl)c(Cl)c3)no2)CCC1. The zero-order valence-electron chi connectivity index (χ0n) is 10.9. The van der Waals surface area contributed by atoms with Crippen LogP contribution in [0.2, 0.25) is 10.0 Å². The summed E-state index contributed by atoms with van der Waals surface area (Å²) in [5.74, 6) is 1.32. The predicted molar refractivity (Wildman–Crippen MR) is 78.1 cm³/mol. The van der Waals surface area contributed by atoms with E-state index in [4.69, 9.17) is 33.5 Å². The minimum Gasteiger partial charge on any atom is -0.339 e. The van der Waals surface area contributed by atoms with Gasteiger partial charge in [0.05, 0.1) is 15.5 Å². The highest BCUT2D eigenvalue weighted by Gasteiger charge is 2.42. The van der Waals surface area contributed by atoms with Crippen molar-refractivity contribution in [3.8, 4) is 0 Å². The molecule has 0 unspecified atom stereocenters. The molecule has 4 nitrogen and oxygen atoms in total. The van der Waals surface area contributed by atoms with E-state index in [9.17, 15) is 0 Å². The van der Waals surface area contributed by atoms with Gasteiger partial charge in [-0.2, -0.15) is 4.98 Å². The van der Waals surface area contributed by atoms with E-state index in [-0.39, 0.29) is 5.41 Å². The largest absolute Gasteiger partial charge is 0.339 e. The van der Waals surface area contributed by atoms with Crippen molar-refractivity contribution in [2.24, 2.45) is 5.73 Å². The molecule has 0 bridgehead atoms. The number of benzene rings is 1. The van der Waals surface area contributed by atoms with Crippen LogP contribution < -0.4 is 5.73 Å². The highest BCUT2D eigenvalue weighted by Crippen LogP contribution is 2.41. The number of nitrogens with zero attached hydrogens (tertiary/aromatic N) is 2. The molecular formula is C14H15Cl2N3O. The molecule has 0 aliphatic heterocycles. The summed E-state index contributed by atoms with van der Waals surface area (Å²) in [5.41, 5.74) is 6.75. The van der Waals surface area contributed by atoms with Crippen molar-refractivity contribution in [1.29, 1.82) is 0 Å². The van der Waals surface area contributed by atoms with Crippen LogP contribution in [-0.4, -0.2) is 16.7 Å². The number of aromatic nitrogens is 2. The van der Waals surface area contributed by atoms with Gasteiger partial charge in [-0.15, -0.1) is 0 Å². The van der Waals surface area contributed by atoms with Crippen molar-refractivity contribution >= 4 is 23.2 Å². The van der Waals surface area contributed by atoms with Gasteiger partial charge in [0, 0.05) is 13.0 Å². The Morgan fingerprint density at radius 3 is 2.65 bits per heavy atom. The average Bonchev–Trinajstić information content (AvgIpc) is 2.82. The Kier molecular flexibility index (Phi) is 3.71. The molecule has 1 aromatic heterocycles. The smallest absolute Gasteiger partial charge is 0.234 e. The minimum absolute atomic E-state index is 0.0944. The van der Waals surface area contributed by atoms with Crippen LogP contribution in [-0.2, 0) is 11.8 Å². The molecule has 106 valence electrons. The molecule has 2 N–H and O–H groups in total. The van der Waals surface area contributed by atoms with E-state index in [0.717, 1.165) is 18.4 Å². The molecule has 1 aliphatic carbocycles. The number of nitrogens with two attached hydrogens (primary N) is 1. The number of halogens is 2. The molecule has 20 heavy (non-hydrogen) atoms. The fraction of sp³-hybridized carbons (Fsp3) is 0.429. The van der Waals surface area contributed by atoms with Crippen molar-refractivity contribution < 1.29 is 4.52 Å². The van der Waals surface area contributed by atoms with Gasteiger partial charge < -0.3 is 10.3 Å². The molecule has 1 heterocycles. The van der Waals surface area contributed by atoms with Gasteiger partial charge in [0.2, 0.25) is 5.89 Å². The number of hydrogen-bond donors (Lipinski definition) is 1. The maximum Gasteiger partial charge on any atom is 0.234 e. The van der Waals surface area contributed by atoms with Crippen LogP contribution in [0.5, 0.6) is 0 Å². The Morgan fingerprint density at radius 2 is 2.05 bits per heavy atom. The van der Waals surface area contributed by atoms with Crippen molar-refractivity contribution in [1.82, 2.24) is 10.1 Å². The topological polar surface area (TPSA) is 64.9 Å². The Bertz CT molecular complexity index is 617. The summed E-state index contributed by atoms with van der Waals surface area (Å²) in [5, 5.41) is 5.12. The molecule has 0 atom stereocenters. The molecule has 1 saturated carbocycles. The van der Waals surface area contributed by atoms with Crippen LogP contribution >= 0.6 is 23.2 Å². The van der Waals surface area contributed by atoms with Gasteiger partial charge in [0.15, 0.2) is 5.82 Å². The third kappa shape index (κ3) is 2.43. The second-order valence-electron chi connectivity index (χ2n) is 5.28. The van der Waals surface area contributed by atoms with E-state index in [1.807, 2.05) is 12.1 Å². The lowest BCUT2D eigenvalue weighted by molar-refractivity contribution is 0.181. The molecule has 0 radical (unpaired) electrons. The van der Waals surface area contributed by atoms with E-state index in [1.165, 1.54) is 6.42 Å². The summed E-state index contributed by atoms with van der Waals surface area (Å²) < 4.78 is 5.39. The van der Waals surface area contributed by atoms with Crippen molar-refractivity contribution in [2.75, 3.05) is 6.54 Å². The Labute approximate surface area is 127 Å². The summed E-state index contributed by atoms with van der Waals surface area (Å²) in [6, 6.07) is 5.50. The summed E-state index contributed by atoms with van der Waals surface area (Å²) in [6.45, 7) is 0.557. The van der Waals surface area contributed by atoms with Crippen LogP contribution in [0.3, 0.4) is 0 Å². The normalized spacial score (nSPS) is 16.9. The third-order valence-corrected chi connectivity index (χ3v) is 4.71. The molecule has 6 heteroatoms. The third-order valence-electron chi connectivity index (χ3n) is 3.97. The first-order valence-corrected chi connectivity index (χ1v) is 7.36. The van der Waals surface area contributed by atoms with E-state index in [1.54, 1.807) is 6.07 Å². The Balaban J connectivity index is 1.78. The molecule has 2 aromatic rings. The number of hydrogen-bond acceptors (Lipinski definition) is 4. The molecule has 1 fully saturated rings. The molecule has 0 saturated heterocycles. The summed E-state index contributed by atoms with van der Waals surface area (Å²) in [4.78, 5) is 4.49. The molecular weight excluding hydrogens is 297 g/mol. The van der Waals surface area contributed by atoms with Crippen LogP contribution in [0.1, 0.15) is 36.5 Å². The average molecular weight is 312 g/mol. The van der Waals surface area contributed by atoms with Gasteiger partial charge in [-0.05, 0) is 30.5 Å². The zero-order valence-corrected chi connectivity index (χ0v) is 12.4. The molecule has 1 aliphatic rings. The first-order valence-electron chi connectivity index (χ1n) is 6.60. The van der Waals surface area contributed by atoms with E-state index in [2.05, 4.69) is 10.1 Å². The molecule has 1 aromatic carbocycles. The lowest BCUT2D eigenvalue weighted by Gasteiger charge is -2.36. The standard InChI is InChI=1S/C14H15Cl2N3O/c15-10-3-2-9(6-11(10)16)7-12-18-13(20-19-12)14(8-17)4-1-5-14/h2-3,6H,1,4-5,7-8,17H2. The van der Waals surface area contributed by atoms with Gasteiger partial charge in [0.1, 0.15) is 0 Å². The summed E-state index contributed by atoms with van der Waals surface area (Å²) in [6.07, 6.45) is 3.79. The second kappa shape index (κ2) is 5.35. The fourth-order valence-corrected chi connectivity index (χ4v) is 2.80. The maximum absolute atomic E-state index is 6.00. The monoisotopic (exact) mass is 311 g/mol. The zero-order chi connectivity index (χ0) is 14.2. The Hall–Kier alpha value is -1.10. The summed E-state index contributed by atoms with van der Waals surface area (Å²) in [7, 11) is 0. The van der Waals surface area contributed by atoms with Crippen molar-refractivity contribution in [2.45, 2.75) is 31.1 Å². The van der Waals surface area contributed by atoms with Gasteiger partial charge in [-0.25, -0.2) is 0 Å². The van der Waals surface area contributed by atoms with E-state index < -0.39 is 0 Å². The Morgan fingerprint density at radius 1 is 1.25 bits per heavy atom. The number of rotatable bonds is 4. The van der Waals surface area contributed by atoms with Gasteiger partial charge in [-0.1, -0.05) is 40.8 Å². The molecule has 3 rings (SSSR count). The molecule has 0 spiro atoms. The van der Waals surface area contributed by atoms with Crippen LogP contribution in [0.15, 0.2) is 22.7 Å². The van der Waals surface area contributed by atoms with Gasteiger partial charge in [-0.3, -0.25) is 0 Å². The summed E-state index contributed by atoms with van der Waals surface area (Å²) >= 11 is 11.9. The van der Waals surface area contributed by atoms with Gasteiger partial charge in [0.25, 0.3) is 0 Å². The van der Waals surface area contributed by atoms with Crippen LogP contribution in [0.4, 0.5) is 0 Å². The fourth-order valence-electron chi connectivity index (χ4n) is 2.48. The highest BCUT2D eigenvalue weighted by atomic mass is 35.5. The van der Waals surface area contributed by atoms with Crippen molar-refractivity contribution in [3.63, 3.8) is 0 Å². The highest BCUT2D eigenvalue weighted by molar-refractivity contribution is 6.42. The lowest BCUT2D eigenvalue weighted by atomic mass is 9.69. The maximum atomic E-state index is 6.00. The van der Waals surface area contributed by atoms with Crippen LogP contribution in [0, 0.1) is 0 Å². The van der Waals surface area contributed by atoms with Gasteiger partial charge >= 0.3 is 0 Å². The molecule has 0 amide bonds.